The summed E-state index contributed by atoms with van der Waals surface area (Å²) >= 11 is 0. The molecule has 7 aromatic rings. The van der Waals surface area contributed by atoms with E-state index in [1.807, 2.05) is 24.3 Å². The van der Waals surface area contributed by atoms with Crippen LogP contribution >= 0.6 is 0 Å². The highest BCUT2D eigenvalue weighted by Gasteiger charge is 2.25. The minimum absolute atomic E-state index is 0.499. The lowest BCUT2D eigenvalue weighted by Crippen LogP contribution is -2.20. The second-order valence-electron chi connectivity index (χ2n) is 11.7. The summed E-state index contributed by atoms with van der Waals surface area (Å²) in [6.45, 7) is 0. The molecule has 0 saturated carbocycles. The molecule has 0 amide bonds. The van der Waals surface area contributed by atoms with Crippen LogP contribution in [0.15, 0.2) is 163 Å². The zero-order valence-electron chi connectivity index (χ0n) is 24.7. The maximum Gasteiger partial charge on any atom is 0.0796 e. The molecule has 9 rings (SSSR count). The van der Waals surface area contributed by atoms with E-state index >= 15 is 0 Å². The van der Waals surface area contributed by atoms with E-state index < -0.39 is 0 Å². The van der Waals surface area contributed by atoms with Crippen molar-refractivity contribution < 1.29 is 0 Å². The molecule has 0 aliphatic heterocycles. The molecule has 2 aliphatic carbocycles. The first-order valence-corrected chi connectivity index (χ1v) is 15.5. The summed E-state index contributed by atoms with van der Waals surface area (Å²) in [5.74, 6) is 0. The normalized spacial score (nSPS) is 16.0. The SMILES string of the molecule is N=C1C=CC=C/C1=C(/Nn1c2ccccc2c2c3c4ccccc4n(-c4ccccc4)c3c3ccccc3c21)C1=CCCC=C1. The molecule has 2 aliphatic rings. The van der Waals surface area contributed by atoms with E-state index in [2.05, 4.69) is 136 Å². The number of benzene rings is 5. The summed E-state index contributed by atoms with van der Waals surface area (Å²) in [6, 6.07) is 37.0. The zero-order valence-corrected chi connectivity index (χ0v) is 24.7. The number of fused-ring (bicyclic) bond motifs is 10. The molecule has 0 atom stereocenters. The average Bonchev–Trinajstić information content (AvgIpc) is 3.62. The van der Waals surface area contributed by atoms with Crippen LogP contribution in [-0.2, 0) is 0 Å². The van der Waals surface area contributed by atoms with Crippen LogP contribution in [0.5, 0.6) is 0 Å². The van der Waals surface area contributed by atoms with Crippen molar-refractivity contribution >= 4 is 60.1 Å². The highest BCUT2D eigenvalue weighted by molar-refractivity contribution is 6.37. The molecular formula is C41H30N4. The van der Waals surface area contributed by atoms with Crippen molar-refractivity contribution in [3.63, 3.8) is 0 Å². The smallest absolute Gasteiger partial charge is 0.0796 e. The highest BCUT2D eigenvalue weighted by Crippen LogP contribution is 2.46. The molecular weight excluding hydrogens is 548 g/mol. The van der Waals surface area contributed by atoms with Gasteiger partial charge in [-0.25, -0.2) is 0 Å². The number of rotatable bonds is 4. The molecule has 0 bridgehead atoms. The van der Waals surface area contributed by atoms with Crippen LogP contribution in [0.25, 0.3) is 60.1 Å². The molecule has 2 aromatic heterocycles. The first kappa shape index (κ1) is 25.6. The Labute approximate surface area is 260 Å². The van der Waals surface area contributed by atoms with Crippen LogP contribution in [0.3, 0.4) is 0 Å². The fraction of sp³-hybridized carbons (Fsp3) is 0.0488. The Bertz CT molecular complexity index is 2510. The number of hydrogen-bond donors (Lipinski definition) is 2. The van der Waals surface area contributed by atoms with Crippen molar-refractivity contribution in [1.29, 1.82) is 5.41 Å². The van der Waals surface area contributed by atoms with Crippen molar-refractivity contribution in [2.45, 2.75) is 12.8 Å². The maximum absolute atomic E-state index is 8.86. The molecule has 2 heterocycles. The van der Waals surface area contributed by atoms with Crippen molar-refractivity contribution in [2.75, 3.05) is 5.43 Å². The minimum Gasteiger partial charge on any atom is -0.309 e. The minimum atomic E-state index is 0.499. The number of aromatic nitrogens is 2. The maximum atomic E-state index is 8.86. The fourth-order valence-electron chi connectivity index (χ4n) is 7.25. The number of nitrogens with one attached hydrogen (secondary N) is 2. The highest BCUT2D eigenvalue weighted by atomic mass is 15.4. The molecule has 0 saturated heterocycles. The molecule has 2 N–H and O–H groups in total. The molecule has 45 heavy (non-hydrogen) atoms. The summed E-state index contributed by atoms with van der Waals surface area (Å²) in [5, 5.41) is 16.1. The van der Waals surface area contributed by atoms with Gasteiger partial charge in [0.2, 0.25) is 0 Å². The molecule has 0 spiro atoms. The van der Waals surface area contributed by atoms with E-state index in [0.717, 1.165) is 46.4 Å². The fourth-order valence-corrected chi connectivity index (χ4v) is 7.25. The lowest BCUT2D eigenvalue weighted by Gasteiger charge is -2.21. The van der Waals surface area contributed by atoms with Gasteiger partial charge in [-0.2, -0.15) is 0 Å². The summed E-state index contributed by atoms with van der Waals surface area (Å²) in [4.78, 5) is 0. The Morgan fingerprint density at radius 2 is 1.22 bits per heavy atom. The lowest BCUT2D eigenvalue weighted by atomic mass is 9.96. The van der Waals surface area contributed by atoms with Gasteiger partial charge >= 0.3 is 0 Å². The molecule has 0 unspecified atom stereocenters. The van der Waals surface area contributed by atoms with Crippen LogP contribution in [0, 0.1) is 5.41 Å². The Balaban J connectivity index is 1.47. The molecule has 214 valence electrons. The Hall–Kier alpha value is -5.87. The molecule has 0 radical (unpaired) electrons. The predicted octanol–water partition coefficient (Wildman–Crippen LogP) is 10.3. The van der Waals surface area contributed by atoms with Crippen LogP contribution in [0.4, 0.5) is 0 Å². The first-order valence-electron chi connectivity index (χ1n) is 15.5. The summed E-state index contributed by atoms with van der Waals surface area (Å²) in [5.41, 5.74) is 13.1. The van der Waals surface area contributed by atoms with Crippen molar-refractivity contribution in [1.82, 2.24) is 9.24 Å². The van der Waals surface area contributed by atoms with Crippen LogP contribution < -0.4 is 5.43 Å². The number of nitrogens with zero attached hydrogens (tertiary/aromatic N) is 2. The number of hydrogen-bond acceptors (Lipinski definition) is 2. The molecule has 5 aromatic carbocycles. The van der Waals surface area contributed by atoms with Gasteiger partial charge in [0, 0.05) is 43.6 Å². The van der Waals surface area contributed by atoms with E-state index in [9.17, 15) is 0 Å². The molecule has 4 heteroatoms. The van der Waals surface area contributed by atoms with E-state index in [4.69, 9.17) is 5.41 Å². The van der Waals surface area contributed by atoms with Crippen LogP contribution in [0.2, 0.25) is 0 Å². The van der Waals surface area contributed by atoms with Gasteiger partial charge in [0.15, 0.2) is 0 Å². The third kappa shape index (κ3) is 3.82. The molecule has 0 fully saturated rings. The van der Waals surface area contributed by atoms with Gasteiger partial charge < -0.3 is 9.98 Å². The first-order chi connectivity index (χ1) is 22.3. The summed E-state index contributed by atoms with van der Waals surface area (Å²) in [7, 11) is 0. The zero-order chi connectivity index (χ0) is 29.9. The second-order valence-corrected chi connectivity index (χ2v) is 11.7. The van der Waals surface area contributed by atoms with E-state index in [0.29, 0.717) is 5.71 Å². The van der Waals surface area contributed by atoms with E-state index in [1.165, 1.54) is 43.4 Å². The van der Waals surface area contributed by atoms with E-state index in [1.54, 1.807) is 0 Å². The van der Waals surface area contributed by atoms with Crippen LogP contribution in [0.1, 0.15) is 12.8 Å². The third-order valence-corrected chi connectivity index (χ3v) is 9.15. The monoisotopic (exact) mass is 578 g/mol. The van der Waals surface area contributed by atoms with Gasteiger partial charge in [-0.1, -0.05) is 115 Å². The standard InChI is InChI=1S/C41H30N4/c42-34-24-12-9-21-31(34)39(27-15-3-1-4-16-27)43-45-36-26-14-11-23-33(36)38-37-32-22-10-13-25-35(32)44(28-17-5-2-6-18-28)40(37)29-19-7-8-20-30(29)41(38)45/h2-3,5-26,42-43H,1,4H2/b39-31-,42-34?. The Morgan fingerprint density at radius 1 is 0.600 bits per heavy atom. The molecule has 4 nitrogen and oxygen atoms in total. The van der Waals surface area contributed by atoms with Crippen molar-refractivity contribution in [2.24, 2.45) is 0 Å². The lowest BCUT2D eigenvalue weighted by molar-refractivity contribution is 0.981. The van der Waals surface area contributed by atoms with Gasteiger partial charge in [-0.3, -0.25) is 10.1 Å². The Morgan fingerprint density at radius 3 is 1.96 bits per heavy atom. The van der Waals surface area contributed by atoms with Crippen molar-refractivity contribution in [3.8, 4) is 5.69 Å². The summed E-state index contributed by atoms with van der Waals surface area (Å²) in [6.07, 6.45) is 16.6. The van der Waals surface area contributed by atoms with Gasteiger partial charge in [0.1, 0.15) is 0 Å². The van der Waals surface area contributed by atoms with Gasteiger partial charge in [-0.05, 0) is 48.8 Å². The third-order valence-electron chi connectivity index (χ3n) is 9.15. The van der Waals surface area contributed by atoms with Gasteiger partial charge in [0.25, 0.3) is 0 Å². The Kier molecular flexibility index (Phi) is 5.75. The second kappa shape index (κ2) is 10.1. The van der Waals surface area contributed by atoms with Gasteiger partial charge in [0.05, 0.1) is 33.5 Å². The van der Waals surface area contributed by atoms with Crippen molar-refractivity contribution in [3.05, 3.63) is 163 Å². The van der Waals surface area contributed by atoms with Crippen LogP contribution in [-0.4, -0.2) is 15.0 Å². The van der Waals surface area contributed by atoms with E-state index in [-0.39, 0.29) is 0 Å². The predicted molar refractivity (Wildman–Crippen MR) is 190 cm³/mol. The largest absolute Gasteiger partial charge is 0.309 e. The average molecular weight is 579 g/mol. The summed E-state index contributed by atoms with van der Waals surface area (Å²) < 4.78 is 4.70. The number of para-hydroxylation sites is 3. The quantitative estimate of drug-likeness (QED) is 0.214. The topological polar surface area (TPSA) is 45.7 Å². The number of allylic oxidation sites excluding steroid dienone is 8. The van der Waals surface area contributed by atoms with Gasteiger partial charge in [-0.15, -0.1) is 0 Å².